The zero-order chi connectivity index (χ0) is 13.1. The Morgan fingerprint density at radius 1 is 1.35 bits per heavy atom. The number of alkyl halides is 3. The first kappa shape index (κ1) is 14.3. The molecule has 0 saturated carbocycles. The maximum atomic E-state index is 12.5. The van der Waals surface area contributed by atoms with Gasteiger partial charge in [-0.25, -0.2) is 0 Å². The first-order valence-corrected chi connectivity index (χ1v) is 5.92. The molecule has 1 rings (SSSR count). The van der Waals surface area contributed by atoms with E-state index >= 15 is 0 Å². The fourth-order valence-corrected chi connectivity index (χ4v) is 1.73. The summed E-state index contributed by atoms with van der Waals surface area (Å²) < 4.78 is 37.9. The molecular formula is C11H13BrF3NO. The summed E-state index contributed by atoms with van der Waals surface area (Å²) in [5.74, 6) is 0. The van der Waals surface area contributed by atoms with Crippen molar-refractivity contribution < 1.29 is 18.3 Å². The van der Waals surface area contributed by atoms with E-state index in [2.05, 4.69) is 21.2 Å². The highest BCUT2D eigenvalue weighted by atomic mass is 79.9. The lowest BCUT2D eigenvalue weighted by Crippen LogP contribution is -2.18. The largest absolute Gasteiger partial charge is 0.416 e. The van der Waals surface area contributed by atoms with Crippen LogP contribution in [0.25, 0.3) is 0 Å². The number of aliphatic hydroxyl groups is 1. The van der Waals surface area contributed by atoms with Crippen molar-refractivity contribution in [3.8, 4) is 0 Å². The van der Waals surface area contributed by atoms with Crippen molar-refractivity contribution in [3.63, 3.8) is 0 Å². The normalized spacial score (nSPS) is 13.5. The molecule has 2 N–H and O–H groups in total. The molecule has 0 aliphatic carbocycles. The Balaban J connectivity index is 2.83. The second-order valence-corrected chi connectivity index (χ2v) is 4.58. The lowest BCUT2D eigenvalue weighted by molar-refractivity contribution is -0.137. The molecule has 1 atom stereocenters. The molecule has 6 heteroatoms. The topological polar surface area (TPSA) is 32.3 Å². The molecule has 0 spiro atoms. The van der Waals surface area contributed by atoms with Crippen LogP contribution in [0.15, 0.2) is 22.7 Å². The van der Waals surface area contributed by atoms with Crippen molar-refractivity contribution >= 4 is 21.6 Å². The molecule has 0 fully saturated rings. The van der Waals surface area contributed by atoms with E-state index in [1.165, 1.54) is 6.07 Å². The maximum Gasteiger partial charge on any atom is 0.416 e. The Morgan fingerprint density at radius 3 is 2.53 bits per heavy atom. The summed E-state index contributed by atoms with van der Waals surface area (Å²) in [6.07, 6.45) is -4.39. The molecule has 0 heterocycles. The van der Waals surface area contributed by atoms with Gasteiger partial charge in [0, 0.05) is 16.7 Å². The number of nitrogens with one attached hydrogen (secondary N) is 1. The van der Waals surface area contributed by atoms with Gasteiger partial charge in [-0.2, -0.15) is 13.2 Å². The van der Waals surface area contributed by atoms with Crippen LogP contribution < -0.4 is 5.32 Å². The summed E-state index contributed by atoms with van der Waals surface area (Å²) in [6.45, 7) is 2.03. The predicted molar refractivity (Wildman–Crippen MR) is 63.9 cm³/mol. The van der Waals surface area contributed by atoms with Crippen molar-refractivity contribution in [3.05, 3.63) is 28.2 Å². The molecule has 1 aromatic rings. The van der Waals surface area contributed by atoms with Crippen LogP contribution in [0.4, 0.5) is 18.9 Å². The van der Waals surface area contributed by atoms with Crippen molar-refractivity contribution in [1.82, 2.24) is 0 Å². The fraction of sp³-hybridized carbons (Fsp3) is 0.455. The van der Waals surface area contributed by atoms with Gasteiger partial charge in [0.2, 0.25) is 0 Å². The van der Waals surface area contributed by atoms with Gasteiger partial charge >= 0.3 is 6.18 Å². The SMILES string of the molecule is CCC(O)CNc1cc(Br)cc(C(F)(F)F)c1. The molecule has 17 heavy (non-hydrogen) atoms. The first-order valence-electron chi connectivity index (χ1n) is 5.12. The molecule has 0 aromatic heterocycles. The molecule has 1 aromatic carbocycles. The highest BCUT2D eigenvalue weighted by Gasteiger charge is 2.31. The van der Waals surface area contributed by atoms with E-state index in [1.54, 1.807) is 6.92 Å². The van der Waals surface area contributed by atoms with Gasteiger partial charge in [-0.3, -0.25) is 0 Å². The number of anilines is 1. The van der Waals surface area contributed by atoms with Crippen LogP contribution in [0.5, 0.6) is 0 Å². The highest BCUT2D eigenvalue weighted by Crippen LogP contribution is 2.33. The average Bonchev–Trinajstić information content (AvgIpc) is 2.24. The summed E-state index contributed by atoms with van der Waals surface area (Å²) in [4.78, 5) is 0. The summed E-state index contributed by atoms with van der Waals surface area (Å²) in [7, 11) is 0. The van der Waals surface area contributed by atoms with Crippen LogP contribution >= 0.6 is 15.9 Å². The quantitative estimate of drug-likeness (QED) is 0.889. The number of hydrogen-bond acceptors (Lipinski definition) is 2. The molecular weight excluding hydrogens is 299 g/mol. The molecule has 0 aliphatic heterocycles. The van der Waals surface area contributed by atoms with Gasteiger partial charge in [0.25, 0.3) is 0 Å². The number of aliphatic hydroxyl groups excluding tert-OH is 1. The Labute approximate surface area is 106 Å². The van der Waals surface area contributed by atoms with Crippen molar-refractivity contribution in [2.24, 2.45) is 0 Å². The lowest BCUT2D eigenvalue weighted by atomic mass is 10.2. The van der Waals surface area contributed by atoms with E-state index < -0.39 is 17.8 Å². The highest BCUT2D eigenvalue weighted by molar-refractivity contribution is 9.10. The minimum atomic E-state index is -4.37. The van der Waals surface area contributed by atoms with Gasteiger partial charge in [-0.05, 0) is 24.6 Å². The van der Waals surface area contributed by atoms with E-state index in [4.69, 9.17) is 0 Å². The second-order valence-electron chi connectivity index (χ2n) is 3.67. The number of hydrogen-bond donors (Lipinski definition) is 2. The Morgan fingerprint density at radius 2 is 2.00 bits per heavy atom. The van der Waals surface area contributed by atoms with E-state index in [1.807, 2.05) is 0 Å². The summed E-state index contributed by atoms with van der Waals surface area (Å²) in [5, 5.41) is 12.1. The second kappa shape index (κ2) is 5.73. The standard InChI is InChI=1S/C11H13BrF3NO/c1-2-10(17)6-16-9-4-7(11(13,14)15)3-8(12)5-9/h3-5,10,16-17H,2,6H2,1H3. The number of rotatable bonds is 4. The maximum absolute atomic E-state index is 12.5. The summed E-state index contributed by atoms with van der Waals surface area (Å²) in [5.41, 5.74) is -0.389. The molecule has 0 bridgehead atoms. The van der Waals surface area contributed by atoms with Gasteiger partial charge in [-0.1, -0.05) is 22.9 Å². The van der Waals surface area contributed by atoms with Crippen molar-refractivity contribution in [2.75, 3.05) is 11.9 Å². The van der Waals surface area contributed by atoms with E-state index in [0.29, 0.717) is 16.6 Å². The molecule has 1 unspecified atom stereocenters. The first-order chi connectivity index (χ1) is 7.82. The van der Waals surface area contributed by atoms with E-state index in [0.717, 1.165) is 12.1 Å². The lowest BCUT2D eigenvalue weighted by Gasteiger charge is -2.13. The predicted octanol–water partition coefficient (Wildman–Crippen LogP) is 3.65. The smallest absolute Gasteiger partial charge is 0.391 e. The monoisotopic (exact) mass is 311 g/mol. The molecule has 96 valence electrons. The van der Waals surface area contributed by atoms with E-state index in [9.17, 15) is 18.3 Å². The van der Waals surface area contributed by atoms with E-state index in [-0.39, 0.29) is 6.54 Å². The van der Waals surface area contributed by atoms with Crippen molar-refractivity contribution in [2.45, 2.75) is 25.6 Å². The molecule has 0 aliphatic rings. The zero-order valence-corrected chi connectivity index (χ0v) is 10.8. The molecule has 0 saturated heterocycles. The molecule has 0 amide bonds. The number of halogens is 4. The van der Waals surface area contributed by atoms with Gasteiger partial charge in [0.1, 0.15) is 0 Å². The minimum Gasteiger partial charge on any atom is -0.391 e. The van der Waals surface area contributed by atoms with Crippen LogP contribution in [-0.4, -0.2) is 17.8 Å². The van der Waals surface area contributed by atoms with Gasteiger partial charge in [0.15, 0.2) is 0 Å². The third-order valence-electron chi connectivity index (χ3n) is 2.24. The van der Waals surface area contributed by atoms with Crippen LogP contribution in [-0.2, 0) is 6.18 Å². The Bertz CT molecular complexity index is 381. The Kier molecular flexibility index (Phi) is 4.82. The summed E-state index contributed by atoms with van der Waals surface area (Å²) >= 11 is 3.03. The minimum absolute atomic E-state index is 0.226. The average molecular weight is 312 g/mol. The van der Waals surface area contributed by atoms with Crippen LogP contribution in [0.1, 0.15) is 18.9 Å². The zero-order valence-electron chi connectivity index (χ0n) is 9.18. The molecule has 0 radical (unpaired) electrons. The fourth-order valence-electron chi connectivity index (χ4n) is 1.24. The van der Waals surface area contributed by atoms with Crippen LogP contribution in [0.2, 0.25) is 0 Å². The third-order valence-corrected chi connectivity index (χ3v) is 2.70. The van der Waals surface area contributed by atoms with Gasteiger partial charge in [0.05, 0.1) is 11.7 Å². The van der Waals surface area contributed by atoms with Crippen LogP contribution in [0.3, 0.4) is 0 Å². The Hall–Kier alpha value is -0.750. The molecule has 2 nitrogen and oxygen atoms in total. The van der Waals surface area contributed by atoms with Crippen LogP contribution in [0, 0.1) is 0 Å². The number of benzene rings is 1. The third kappa shape index (κ3) is 4.55. The summed E-state index contributed by atoms with van der Waals surface area (Å²) in [6, 6.07) is 3.58. The van der Waals surface area contributed by atoms with Crippen molar-refractivity contribution in [1.29, 1.82) is 0 Å². The van der Waals surface area contributed by atoms with Gasteiger partial charge in [-0.15, -0.1) is 0 Å². The van der Waals surface area contributed by atoms with Gasteiger partial charge < -0.3 is 10.4 Å².